The zero-order valence-electron chi connectivity index (χ0n) is 7.25. The van der Waals surface area contributed by atoms with Gasteiger partial charge in [-0.3, -0.25) is 4.79 Å². The van der Waals surface area contributed by atoms with E-state index >= 15 is 0 Å². The van der Waals surface area contributed by atoms with Crippen LogP contribution in [0.15, 0.2) is 22.8 Å². The first-order valence-electron chi connectivity index (χ1n) is 4.40. The van der Waals surface area contributed by atoms with E-state index in [2.05, 4.69) is 10.6 Å². The normalized spacial score (nSPS) is 23.7. The molecular weight excluding hydrogens is 168 g/mol. The minimum atomic E-state index is 0.0255. The van der Waals surface area contributed by atoms with E-state index in [9.17, 15) is 4.79 Å². The van der Waals surface area contributed by atoms with Crippen molar-refractivity contribution in [2.24, 2.45) is 0 Å². The summed E-state index contributed by atoms with van der Waals surface area (Å²) in [6, 6.07) is 3.74. The minimum absolute atomic E-state index is 0.0255. The van der Waals surface area contributed by atoms with Gasteiger partial charge in [-0.2, -0.15) is 0 Å². The Morgan fingerprint density at radius 3 is 3.15 bits per heavy atom. The average Bonchev–Trinajstić information content (AvgIpc) is 2.56. The molecule has 13 heavy (non-hydrogen) atoms. The average molecular weight is 180 g/mol. The Bertz CT molecular complexity index is 282. The van der Waals surface area contributed by atoms with Gasteiger partial charge in [0, 0.05) is 19.5 Å². The van der Waals surface area contributed by atoms with Gasteiger partial charge < -0.3 is 15.1 Å². The van der Waals surface area contributed by atoms with E-state index in [-0.39, 0.29) is 11.9 Å². The number of nitrogens with one attached hydrogen (secondary N) is 2. The number of hydrogen-bond acceptors (Lipinski definition) is 3. The molecular formula is C9H12N2O2. The van der Waals surface area contributed by atoms with Crippen molar-refractivity contribution in [3.8, 4) is 0 Å². The number of carbonyl (C=O) groups excluding carboxylic acids is 1. The predicted molar refractivity (Wildman–Crippen MR) is 47.1 cm³/mol. The van der Waals surface area contributed by atoms with Gasteiger partial charge in [0.05, 0.1) is 12.3 Å². The summed E-state index contributed by atoms with van der Waals surface area (Å²) >= 11 is 0. The van der Waals surface area contributed by atoms with E-state index in [0.717, 1.165) is 12.3 Å². The minimum Gasteiger partial charge on any atom is -0.468 e. The SMILES string of the molecule is O=C1CC(c2ccco2)NCCN1. The Labute approximate surface area is 76.3 Å². The fourth-order valence-corrected chi connectivity index (χ4v) is 1.47. The lowest BCUT2D eigenvalue weighted by Crippen LogP contribution is -2.24. The lowest BCUT2D eigenvalue weighted by molar-refractivity contribution is -0.121. The molecule has 1 fully saturated rings. The van der Waals surface area contributed by atoms with E-state index in [1.807, 2.05) is 12.1 Å². The van der Waals surface area contributed by atoms with Crippen molar-refractivity contribution in [1.29, 1.82) is 0 Å². The maximum atomic E-state index is 11.2. The van der Waals surface area contributed by atoms with E-state index in [0.29, 0.717) is 13.0 Å². The second-order valence-electron chi connectivity index (χ2n) is 3.08. The van der Waals surface area contributed by atoms with E-state index in [1.165, 1.54) is 0 Å². The molecule has 0 aliphatic carbocycles. The van der Waals surface area contributed by atoms with Crippen LogP contribution in [0.25, 0.3) is 0 Å². The van der Waals surface area contributed by atoms with Crippen LogP contribution in [0.4, 0.5) is 0 Å². The molecule has 0 spiro atoms. The second-order valence-corrected chi connectivity index (χ2v) is 3.08. The zero-order valence-corrected chi connectivity index (χ0v) is 7.25. The van der Waals surface area contributed by atoms with Crippen LogP contribution in [0.1, 0.15) is 18.2 Å². The number of carbonyl (C=O) groups is 1. The molecule has 1 atom stereocenters. The van der Waals surface area contributed by atoms with Crippen molar-refractivity contribution < 1.29 is 9.21 Å². The highest BCUT2D eigenvalue weighted by atomic mass is 16.3. The largest absolute Gasteiger partial charge is 0.468 e. The molecule has 1 aromatic heterocycles. The Hall–Kier alpha value is -1.29. The lowest BCUT2D eigenvalue weighted by atomic mass is 10.1. The highest BCUT2D eigenvalue weighted by Crippen LogP contribution is 2.17. The molecule has 1 aromatic rings. The summed E-state index contributed by atoms with van der Waals surface area (Å²) in [5.74, 6) is 0.906. The summed E-state index contributed by atoms with van der Waals surface area (Å²) in [4.78, 5) is 11.2. The molecule has 1 saturated heterocycles. The summed E-state index contributed by atoms with van der Waals surface area (Å²) in [5, 5.41) is 6.03. The summed E-state index contributed by atoms with van der Waals surface area (Å²) in [5.41, 5.74) is 0. The number of rotatable bonds is 1. The van der Waals surface area contributed by atoms with Crippen LogP contribution in [-0.4, -0.2) is 19.0 Å². The molecule has 4 heteroatoms. The molecule has 70 valence electrons. The fraction of sp³-hybridized carbons (Fsp3) is 0.444. The predicted octanol–water partition coefficient (Wildman–Crippen LogP) is 0.430. The van der Waals surface area contributed by atoms with Crippen molar-refractivity contribution in [3.63, 3.8) is 0 Å². The lowest BCUT2D eigenvalue weighted by Gasteiger charge is -2.10. The number of amides is 1. The molecule has 0 radical (unpaired) electrons. The molecule has 0 bridgehead atoms. The van der Waals surface area contributed by atoms with E-state index in [4.69, 9.17) is 4.42 Å². The molecule has 1 amide bonds. The quantitative estimate of drug-likeness (QED) is 0.659. The van der Waals surface area contributed by atoms with Crippen LogP contribution >= 0.6 is 0 Å². The first-order chi connectivity index (χ1) is 6.36. The van der Waals surface area contributed by atoms with Crippen molar-refractivity contribution in [3.05, 3.63) is 24.2 Å². The molecule has 2 N–H and O–H groups in total. The van der Waals surface area contributed by atoms with Gasteiger partial charge in [0.1, 0.15) is 5.76 Å². The Balaban J connectivity index is 2.09. The van der Waals surface area contributed by atoms with E-state index in [1.54, 1.807) is 6.26 Å². The molecule has 1 unspecified atom stereocenters. The summed E-state index contributed by atoms with van der Waals surface area (Å²) in [6.45, 7) is 1.48. The molecule has 4 nitrogen and oxygen atoms in total. The first-order valence-corrected chi connectivity index (χ1v) is 4.40. The first kappa shape index (κ1) is 8.31. The third-order valence-electron chi connectivity index (χ3n) is 2.11. The van der Waals surface area contributed by atoms with Crippen LogP contribution in [0, 0.1) is 0 Å². The highest BCUT2D eigenvalue weighted by molar-refractivity contribution is 5.76. The summed E-state index contributed by atoms with van der Waals surface area (Å²) in [6.07, 6.45) is 2.08. The topological polar surface area (TPSA) is 54.3 Å². The monoisotopic (exact) mass is 180 g/mol. The standard InChI is InChI=1S/C9H12N2O2/c12-9-6-7(10-3-4-11-9)8-2-1-5-13-8/h1-2,5,7,10H,3-4,6H2,(H,11,12). The third kappa shape index (κ3) is 1.89. The van der Waals surface area contributed by atoms with Crippen molar-refractivity contribution in [1.82, 2.24) is 10.6 Å². The maximum absolute atomic E-state index is 11.2. The zero-order chi connectivity index (χ0) is 9.10. The smallest absolute Gasteiger partial charge is 0.222 e. The number of furan rings is 1. The van der Waals surface area contributed by atoms with Gasteiger partial charge in [-0.05, 0) is 12.1 Å². The Morgan fingerprint density at radius 2 is 2.38 bits per heavy atom. The Morgan fingerprint density at radius 1 is 1.46 bits per heavy atom. The van der Waals surface area contributed by atoms with Crippen LogP contribution < -0.4 is 10.6 Å². The molecule has 0 aromatic carbocycles. The third-order valence-corrected chi connectivity index (χ3v) is 2.11. The molecule has 1 aliphatic rings. The highest BCUT2D eigenvalue weighted by Gasteiger charge is 2.19. The van der Waals surface area contributed by atoms with Gasteiger partial charge in [0.2, 0.25) is 5.91 Å². The van der Waals surface area contributed by atoms with Crippen molar-refractivity contribution in [2.45, 2.75) is 12.5 Å². The maximum Gasteiger partial charge on any atom is 0.222 e. The van der Waals surface area contributed by atoms with Crippen LogP contribution in [0.5, 0.6) is 0 Å². The van der Waals surface area contributed by atoms with Crippen molar-refractivity contribution in [2.75, 3.05) is 13.1 Å². The number of hydrogen-bond donors (Lipinski definition) is 2. The van der Waals surface area contributed by atoms with E-state index < -0.39 is 0 Å². The Kier molecular flexibility index (Phi) is 2.31. The van der Waals surface area contributed by atoms with Crippen LogP contribution in [0.2, 0.25) is 0 Å². The molecule has 2 rings (SSSR count). The summed E-state index contributed by atoms with van der Waals surface area (Å²) in [7, 11) is 0. The van der Waals surface area contributed by atoms with Gasteiger partial charge in [-0.15, -0.1) is 0 Å². The van der Waals surface area contributed by atoms with Gasteiger partial charge in [0.25, 0.3) is 0 Å². The van der Waals surface area contributed by atoms with Crippen LogP contribution in [0.3, 0.4) is 0 Å². The molecule has 2 heterocycles. The second kappa shape index (κ2) is 3.62. The summed E-state index contributed by atoms with van der Waals surface area (Å²) < 4.78 is 5.23. The van der Waals surface area contributed by atoms with Gasteiger partial charge in [0.15, 0.2) is 0 Å². The van der Waals surface area contributed by atoms with Crippen LogP contribution in [-0.2, 0) is 4.79 Å². The fourth-order valence-electron chi connectivity index (χ4n) is 1.47. The molecule has 0 saturated carbocycles. The molecule has 1 aliphatic heterocycles. The van der Waals surface area contributed by atoms with Gasteiger partial charge in [-0.25, -0.2) is 0 Å². The van der Waals surface area contributed by atoms with Gasteiger partial charge in [-0.1, -0.05) is 0 Å². The van der Waals surface area contributed by atoms with Crippen molar-refractivity contribution >= 4 is 5.91 Å². The van der Waals surface area contributed by atoms with Gasteiger partial charge >= 0.3 is 0 Å².